The molecule has 0 bridgehead atoms. The molecule has 0 spiro atoms. The summed E-state index contributed by atoms with van der Waals surface area (Å²) in [4.78, 5) is 14.8. The number of non-ortho nitro benzene ring substituents is 1. The van der Waals surface area contributed by atoms with Gasteiger partial charge >= 0.3 is 0 Å². The summed E-state index contributed by atoms with van der Waals surface area (Å²) in [6.45, 7) is -0.147. The van der Waals surface area contributed by atoms with E-state index in [4.69, 9.17) is 0 Å². The van der Waals surface area contributed by atoms with Crippen molar-refractivity contribution in [2.45, 2.75) is 6.04 Å². The Morgan fingerprint density at radius 3 is 2.64 bits per heavy atom. The summed E-state index contributed by atoms with van der Waals surface area (Å²) in [6.07, 6.45) is 0. The molecule has 0 fully saturated rings. The van der Waals surface area contributed by atoms with Gasteiger partial charge in [-0.2, -0.15) is 5.26 Å². The van der Waals surface area contributed by atoms with Crippen LogP contribution in [0, 0.1) is 21.4 Å². The first-order chi connectivity index (χ1) is 12.1. The molecular formula is C18H14N4O3. The van der Waals surface area contributed by atoms with Gasteiger partial charge in [-0.05, 0) is 17.7 Å². The van der Waals surface area contributed by atoms with Gasteiger partial charge in [-0.1, -0.05) is 30.3 Å². The van der Waals surface area contributed by atoms with Crippen LogP contribution in [-0.2, 0) is 0 Å². The van der Waals surface area contributed by atoms with Crippen LogP contribution >= 0.6 is 0 Å². The number of nitriles is 1. The molecule has 0 saturated carbocycles. The molecule has 0 aliphatic rings. The third kappa shape index (κ3) is 3.39. The molecule has 25 heavy (non-hydrogen) atoms. The van der Waals surface area contributed by atoms with Gasteiger partial charge in [0.15, 0.2) is 0 Å². The van der Waals surface area contributed by atoms with Gasteiger partial charge in [0.2, 0.25) is 0 Å². The van der Waals surface area contributed by atoms with Crippen molar-refractivity contribution in [1.82, 2.24) is 4.98 Å². The van der Waals surface area contributed by atoms with Crippen molar-refractivity contribution < 1.29 is 10.0 Å². The summed E-state index contributed by atoms with van der Waals surface area (Å²) in [5.74, 6) is 0.417. The fraction of sp³-hybridized carbons (Fsp3) is 0.111. The van der Waals surface area contributed by atoms with Crippen molar-refractivity contribution in [3.05, 3.63) is 75.8 Å². The number of hydrogen-bond acceptors (Lipinski definition) is 6. The van der Waals surface area contributed by atoms with Crippen LogP contribution < -0.4 is 5.32 Å². The molecule has 124 valence electrons. The second-order valence-electron chi connectivity index (χ2n) is 5.42. The molecule has 0 radical (unpaired) electrons. The van der Waals surface area contributed by atoms with Crippen LogP contribution in [0.1, 0.15) is 17.2 Å². The van der Waals surface area contributed by atoms with Gasteiger partial charge in [-0.3, -0.25) is 10.1 Å². The molecule has 0 aliphatic carbocycles. The largest absolute Gasteiger partial charge is 0.394 e. The fourth-order valence-electron chi connectivity index (χ4n) is 2.59. The minimum absolute atomic E-state index is 0.0935. The van der Waals surface area contributed by atoms with Gasteiger partial charge in [0.1, 0.15) is 5.82 Å². The third-order valence-corrected chi connectivity index (χ3v) is 3.83. The number of fused-ring (bicyclic) bond motifs is 1. The smallest absolute Gasteiger partial charge is 0.270 e. The number of aliphatic hydroxyl groups excluding tert-OH is 1. The Balaban J connectivity index is 2.01. The van der Waals surface area contributed by atoms with E-state index in [0.717, 1.165) is 5.56 Å². The Morgan fingerprint density at radius 1 is 1.24 bits per heavy atom. The molecule has 1 unspecified atom stereocenters. The number of rotatable bonds is 5. The van der Waals surface area contributed by atoms with Crippen molar-refractivity contribution in [1.29, 1.82) is 5.26 Å². The highest BCUT2D eigenvalue weighted by atomic mass is 16.6. The number of hydrogen-bond donors (Lipinski definition) is 2. The molecule has 7 heteroatoms. The van der Waals surface area contributed by atoms with E-state index in [2.05, 4.69) is 10.3 Å². The van der Waals surface area contributed by atoms with Crippen LogP contribution in [0.4, 0.5) is 11.5 Å². The van der Waals surface area contributed by atoms with Crippen molar-refractivity contribution in [2.75, 3.05) is 11.9 Å². The molecule has 3 rings (SSSR count). The molecule has 1 heterocycles. The van der Waals surface area contributed by atoms with E-state index in [9.17, 15) is 20.5 Å². The molecule has 2 aromatic carbocycles. The second kappa shape index (κ2) is 6.95. The topological polar surface area (TPSA) is 112 Å². The number of aliphatic hydroxyl groups is 1. The molecule has 0 saturated heterocycles. The lowest BCUT2D eigenvalue weighted by Crippen LogP contribution is -2.15. The van der Waals surface area contributed by atoms with Crippen molar-refractivity contribution in [3.8, 4) is 6.07 Å². The molecule has 3 aromatic rings. The zero-order chi connectivity index (χ0) is 17.8. The van der Waals surface area contributed by atoms with Crippen LogP contribution in [0.2, 0.25) is 0 Å². The van der Waals surface area contributed by atoms with E-state index in [1.165, 1.54) is 24.3 Å². The van der Waals surface area contributed by atoms with E-state index in [0.29, 0.717) is 16.7 Å². The standard InChI is InChI=1S/C18H14N4O3/c19-10-13-8-18(21-17(11-23)12-4-2-1-3-5-12)20-16-7-6-14(22(24)25)9-15(13)16/h1-9,17,23H,11H2,(H,20,21). The van der Waals surface area contributed by atoms with Gasteiger partial charge in [0, 0.05) is 17.5 Å². The number of nitrogens with one attached hydrogen (secondary N) is 1. The highest BCUT2D eigenvalue weighted by Crippen LogP contribution is 2.26. The Bertz CT molecular complexity index is 967. The lowest BCUT2D eigenvalue weighted by atomic mass is 10.1. The minimum Gasteiger partial charge on any atom is -0.394 e. The monoisotopic (exact) mass is 334 g/mol. The van der Waals surface area contributed by atoms with Crippen LogP contribution in [0.3, 0.4) is 0 Å². The molecular weight excluding hydrogens is 320 g/mol. The zero-order valence-electron chi connectivity index (χ0n) is 13.1. The SMILES string of the molecule is N#Cc1cc(NC(CO)c2ccccc2)nc2ccc([N+](=O)[O-])cc12. The second-order valence-corrected chi connectivity index (χ2v) is 5.42. The van der Waals surface area contributed by atoms with E-state index in [1.54, 1.807) is 0 Å². The number of pyridine rings is 1. The number of nitro benzene ring substituents is 1. The summed E-state index contributed by atoms with van der Waals surface area (Å²) >= 11 is 0. The summed E-state index contributed by atoms with van der Waals surface area (Å²) < 4.78 is 0. The summed E-state index contributed by atoms with van der Waals surface area (Å²) in [5, 5.41) is 33.5. The van der Waals surface area contributed by atoms with Gasteiger partial charge in [-0.25, -0.2) is 4.98 Å². The predicted octanol–water partition coefficient (Wildman–Crippen LogP) is 3.16. The van der Waals surface area contributed by atoms with Gasteiger partial charge in [-0.15, -0.1) is 0 Å². The number of anilines is 1. The Kier molecular flexibility index (Phi) is 4.55. The molecule has 0 aliphatic heterocycles. The predicted molar refractivity (Wildman–Crippen MR) is 93.0 cm³/mol. The number of nitro groups is 1. The zero-order valence-corrected chi connectivity index (χ0v) is 13.1. The molecule has 1 aromatic heterocycles. The van der Waals surface area contributed by atoms with Crippen LogP contribution in [0.25, 0.3) is 10.9 Å². The number of nitrogens with zero attached hydrogens (tertiary/aromatic N) is 3. The first-order valence-electron chi connectivity index (χ1n) is 7.54. The maximum absolute atomic E-state index is 10.9. The van der Waals surface area contributed by atoms with E-state index < -0.39 is 4.92 Å². The number of benzene rings is 2. The van der Waals surface area contributed by atoms with Crippen LogP contribution in [0.15, 0.2) is 54.6 Å². The average molecular weight is 334 g/mol. The lowest BCUT2D eigenvalue weighted by molar-refractivity contribution is -0.384. The van der Waals surface area contributed by atoms with Crippen molar-refractivity contribution in [3.63, 3.8) is 0 Å². The molecule has 7 nitrogen and oxygen atoms in total. The lowest BCUT2D eigenvalue weighted by Gasteiger charge is -2.18. The Morgan fingerprint density at radius 2 is 2.00 bits per heavy atom. The van der Waals surface area contributed by atoms with Gasteiger partial charge in [0.25, 0.3) is 5.69 Å². The van der Waals surface area contributed by atoms with Crippen LogP contribution in [0.5, 0.6) is 0 Å². The summed E-state index contributed by atoms with van der Waals surface area (Å²) in [5.41, 5.74) is 1.54. The molecule has 2 N–H and O–H groups in total. The Labute approximate surface area is 143 Å². The average Bonchev–Trinajstić information content (AvgIpc) is 2.65. The van der Waals surface area contributed by atoms with Crippen molar-refractivity contribution >= 4 is 22.4 Å². The van der Waals surface area contributed by atoms with Crippen LogP contribution in [-0.4, -0.2) is 21.6 Å². The Hall–Kier alpha value is -3.50. The third-order valence-electron chi connectivity index (χ3n) is 3.83. The molecule has 0 amide bonds. The normalized spacial score (nSPS) is 11.7. The summed E-state index contributed by atoms with van der Waals surface area (Å²) in [7, 11) is 0. The first-order valence-corrected chi connectivity index (χ1v) is 7.54. The van der Waals surface area contributed by atoms with E-state index in [1.807, 2.05) is 36.4 Å². The quantitative estimate of drug-likeness (QED) is 0.547. The summed E-state index contributed by atoms with van der Waals surface area (Å²) in [6, 6.07) is 16.8. The first kappa shape index (κ1) is 16.4. The van der Waals surface area contributed by atoms with E-state index in [-0.39, 0.29) is 23.9 Å². The highest BCUT2D eigenvalue weighted by molar-refractivity contribution is 5.88. The van der Waals surface area contributed by atoms with E-state index >= 15 is 0 Å². The van der Waals surface area contributed by atoms with Gasteiger partial charge < -0.3 is 10.4 Å². The fourth-order valence-corrected chi connectivity index (χ4v) is 2.59. The minimum atomic E-state index is -0.510. The highest BCUT2D eigenvalue weighted by Gasteiger charge is 2.14. The maximum Gasteiger partial charge on any atom is 0.270 e. The number of aromatic nitrogens is 1. The maximum atomic E-state index is 10.9. The van der Waals surface area contributed by atoms with Gasteiger partial charge in [0.05, 0.1) is 34.7 Å². The van der Waals surface area contributed by atoms with Crippen molar-refractivity contribution in [2.24, 2.45) is 0 Å². The molecule has 1 atom stereocenters.